The van der Waals surface area contributed by atoms with Crippen LogP contribution in [-0.2, 0) is 4.74 Å². The first-order valence-corrected chi connectivity index (χ1v) is 6.68. The van der Waals surface area contributed by atoms with E-state index in [0.717, 1.165) is 25.0 Å². The Hall–Kier alpha value is -1.30. The molecule has 0 bridgehead atoms. The number of aliphatic hydroxyl groups is 1. The van der Waals surface area contributed by atoms with Crippen LogP contribution in [0.15, 0.2) is 30.3 Å². The van der Waals surface area contributed by atoms with Crippen molar-refractivity contribution in [2.24, 2.45) is 0 Å². The van der Waals surface area contributed by atoms with Crippen LogP contribution in [0, 0.1) is 11.8 Å². The van der Waals surface area contributed by atoms with Crippen molar-refractivity contribution >= 4 is 0 Å². The van der Waals surface area contributed by atoms with E-state index in [2.05, 4.69) is 11.8 Å². The first kappa shape index (κ1) is 13.1. The normalized spacial score (nSPS) is 20.8. The lowest BCUT2D eigenvalue weighted by Crippen LogP contribution is -2.24. The topological polar surface area (TPSA) is 29.5 Å². The van der Waals surface area contributed by atoms with Gasteiger partial charge in [-0.05, 0) is 31.4 Å². The van der Waals surface area contributed by atoms with Crippen LogP contribution in [-0.4, -0.2) is 23.9 Å². The van der Waals surface area contributed by atoms with Crippen molar-refractivity contribution in [3.63, 3.8) is 0 Å². The Morgan fingerprint density at radius 1 is 1.28 bits per heavy atom. The Labute approximate surface area is 109 Å². The number of hydrogen-bond acceptors (Lipinski definition) is 2. The third-order valence-electron chi connectivity index (χ3n) is 3.15. The largest absolute Gasteiger partial charge is 0.392 e. The fraction of sp³-hybridized carbons (Fsp3) is 0.500. The molecule has 1 N–H and O–H groups in total. The van der Waals surface area contributed by atoms with Crippen LogP contribution in [0.5, 0.6) is 0 Å². The summed E-state index contributed by atoms with van der Waals surface area (Å²) in [5.74, 6) is 6.10. The van der Waals surface area contributed by atoms with Gasteiger partial charge in [-0.3, -0.25) is 0 Å². The highest BCUT2D eigenvalue weighted by Crippen LogP contribution is 2.17. The molecular weight excluding hydrogens is 224 g/mol. The van der Waals surface area contributed by atoms with Crippen LogP contribution in [0.1, 0.15) is 37.7 Å². The fourth-order valence-electron chi connectivity index (χ4n) is 2.17. The molecule has 0 amide bonds. The van der Waals surface area contributed by atoms with E-state index in [4.69, 9.17) is 4.74 Å². The summed E-state index contributed by atoms with van der Waals surface area (Å²) in [5.41, 5.74) is 0.999. The van der Waals surface area contributed by atoms with Crippen LogP contribution in [0.2, 0.25) is 0 Å². The van der Waals surface area contributed by atoms with Gasteiger partial charge in [0.2, 0.25) is 0 Å². The molecular formula is C16H20O2. The van der Waals surface area contributed by atoms with E-state index in [1.807, 2.05) is 30.3 Å². The summed E-state index contributed by atoms with van der Waals surface area (Å²) in [7, 11) is 0. The predicted molar refractivity (Wildman–Crippen MR) is 72.2 cm³/mol. The summed E-state index contributed by atoms with van der Waals surface area (Å²) < 4.78 is 5.61. The molecule has 1 saturated heterocycles. The maximum Gasteiger partial charge on any atom is 0.0674 e. The van der Waals surface area contributed by atoms with Gasteiger partial charge in [0.25, 0.3) is 0 Å². The second-order valence-corrected chi connectivity index (χ2v) is 4.75. The Morgan fingerprint density at radius 3 is 2.83 bits per heavy atom. The maximum atomic E-state index is 9.90. The van der Waals surface area contributed by atoms with Gasteiger partial charge in [-0.1, -0.05) is 30.0 Å². The van der Waals surface area contributed by atoms with Gasteiger partial charge in [0, 0.05) is 25.0 Å². The van der Waals surface area contributed by atoms with Gasteiger partial charge >= 0.3 is 0 Å². The molecule has 2 rings (SSSR count). The summed E-state index contributed by atoms with van der Waals surface area (Å²) in [6, 6.07) is 9.86. The molecule has 0 aromatic heterocycles. The fourth-order valence-corrected chi connectivity index (χ4v) is 2.17. The van der Waals surface area contributed by atoms with E-state index in [-0.39, 0.29) is 12.2 Å². The molecule has 2 heteroatoms. The number of rotatable bonds is 3. The molecule has 2 atom stereocenters. The first-order chi connectivity index (χ1) is 8.84. The van der Waals surface area contributed by atoms with Gasteiger partial charge in [-0.15, -0.1) is 0 Å². The number of aliphatic hydroxyl groups excluding tert-OH is 1. The summed E-state index contributed by atoms with van der Waals surface area (Å²) in [6.45, 7) is 0.840. The lowest BCUT2D eigenvalue weighted by molar-refractivity contribution is -0.0139. The van der Waals surface area contributed by atoms with Gasteiger partial charge in [-0.25, -0.2) is 0 Å². The van der Waals surface area contributed by atoms with Crippen molar-refractivity contribution < 1.29 is 9.84 Å². The van der Waals surface area contributed by atoms with Crippen molar-refractivity contribution in [2.45, 2.75) is 44.3 Å². The Kier molecular flexibility index (Phi) is 5.26. The standard InChI is InChI=1S/C16H20O2/c17-15(13-16-11-4-5-12-18-16)10-6-9-14-7-2-1-3-8-14/h1-3,7-8,15-17H,4-5,10-13H2. The van der Waals surface area contributed by atoms with E-state index >= 15 is 0 Å². The molecule has 96 valence electrons. The molecule has 1 aromatic carbocycles. The van der Waals surface area contributed by atoms with E-state index in [1.54, 1.807) is 0 Å². The van der Waals surface area contributed by atoms with Crippen LogP contribution >= 0.6 is 0 Å². The molecule has 2 nitrogen and oxygen atoms in total. The zero-order chi connectivity index (χ0) is 12.6. The first-order valence-electron chi connectivity index (χ1n) is 6.68. The molecule has 1 aliphatic rings. The second kappa shape index (κ2) is 7.20. The average molecular weight is 244 g/mol. The molecule has 1 fully saturated rings. The van der Waals surface area contributed by atoms with Gasteiger partial charge in [-0.2, -0.15) is 0 Å². The quantitative estimate of drug-likeness (QED) is 0.828. The highest BCUT2D eigenvalue weighted by molar-refractivity contribution is 5.33. The van der Waals surface area contributed by atoms with E-state index in [0.29, 0.717) is 12.8 Å². The van der Waals surface area contributed by atoms with Gasteiger partial charge in [0.15, 0.2) is 0 Å². The summed E-state index contributed by atoms with van der Waals surface area (Å²) >= 11 is 0. The lowest BCUT2D eigenvalue weighted by Gasteiger charge is -2.24. The molecule has 0 saturated carbocycles. The molecule has 1 aromatic rings. The average Bonchev–Trinajstić information content (AvgIpc) is 2.41. The summed E-state index contributed by atoms with van der Waals surface area (Å²) in [5, 5.41) is 9.90. The van der Waals surface area contributed by atoms with E-state index in [9.17, 15) is 5.11 Å². The molecule has 18 heavy (non-hydrogen) atoms. The molecule has 0 spiro atoms. The van der Waals surface area contributed by atoms with E-state index in [1.165, 1.54) is 6.42 Å². The minimum absolute atomic E-state index is 0.229. The Morgan fingerprint density at radius 2 is 2.11 bits per heavy atom. The van der Waals surface area contributed by atoms with Crippen LogP contribution in [0.3, 0.4) is 0 Å². The van der Waals surface area contributed by atoms with Crippen LogP contribution < -0.4 is 0 Å². The monoisotopic (exact) mass is 244 g/mol. The third-order valence-corrected chi connectivity index (χ3v) is 3.15. The molecule has 1 aliphatic heterocycles. The van der Waals surface area contributed by atoms with Crippen molar-refractivity contribution in [1.29, 1.82) is 0 Å². The van der Waals surface area contributed by atoms with Gasteiger partial charge < -0.3 is 9.84 Å². The Bertz CT molecular complexity index is 396. The van der Waals surface area contributed by atoms with Gasteiger partial charge in [0.05, 0.1) is 12.2 Å². The SMILES string of the molecule is OC(CC#Cc1ccccc1)CC1CCCCO1. The summed E-state index contributed by atoms with van der Waals surface area (Å²) in [4.78, 5) is 0. The minimum Gasteiger partial charge on any atom is -0.392 e. The maximum absolute atomic E-state index is 9.90. The van der Waals surface area contributed by atoms with Crippen LogP contribution in [0.4, 0.5) is 0 Å². The van der Waals surface area contributed by atoms with Crippen molar-refractivity contribution in [1.82, 2.24) is 0 Å². The summed E-state index contributed by atoms with van der Waals surface area (Å²) in [6.07, 6.45) is 4.53. The number of hydrogen-bond donors (Lipinski definition) is 1. The van der Waals surface area contributed by atoms with Gasteiger partial charge in [0.1, 0.15) is 0 Å². The number of ether oxygens (including phenoxy) is 1. The molecule has 0 aliphatic carbocycles. The Balaban J connectivity index is 1.74. The number of benzene rings is 1. The molecule has 1 heterocycles. The second-order valence-electron chi connectivity index (χ2n) is 4.75. The van der Waals surface area contributed by atoms with Crippen molar-refractivity contribution in [3.05, 3.63) is 35.9 Å². The third kappa shape index (κ3) is 4.52. The molecule has 2 unspecified atom stereocenters. The lowest BCUT2D eigenvalue weighted by atomic mass is 10.0. The van der Waals surface area contributed by atoms with Crippen molar-refractivity contribution in [2.75, 3.05) is 6.61 Å². The predicted octanol–water partition coefficient (Wildman–Crippen LogP) is 2.75. The zero-order valence-corrected chi connectivity index (χ0v) is 10.6. The van der Waals surface area contributed by atoms with E-state index < -0.39 is 0 Å². The van der Waals surface area contributed by atoms with Crippen molar-refractivity contribution in [3.8, 4) is 11.8 Å². The highest BCUT2D eigenvalue weighted by Gasteiger charge is 2.17. The zero-order valence-electron chi connectivity index (χ0n) is 10.6. The molecule has 0 radical (unpaired) electrons. The smallest absolute Gasteiger partial charge is 0.0674 e. The van der Waals surface area contributed by atoms with Crippen LogP contribution in [0.25, 0.3) is 0 Å². The highest BCUT2D eigenvalue weighted by atomic mass is 16.5. The minimum atomic E-state index is -0.371.